The Labute approximate surface area is 133 Å². The van der Waals surface area contributed by atoms with Crippen molar-refractivity contribution in [1.82, 2.24) is 10.2 Å². The zero-order valence-corrected chi connectivity index (χ0v) is 13.3. The van der Waals surface area contributed by atoms with Crippen LogP contribution in [0.4, 0.5) is 0 Å². The molecule has 0 aromatic heterocycles. The van der Waals surface area contributed by atoms with Crippen molar-refractivity contribution < 1.29 is 19.1 Å². The molecule has 118 valence electrons. The molecule has 1 fully saturated rings. The van der Waals surface area contributed by atoms with Crippen molar-refractivity contribution in [1.29, 1.82) is 0 Å². The number of carbonyl (C=O) groups excluding carboxylic acids is 3. The Balaban J connectivity index is 2.07. The molecule has 0 aliphatic carbocycles. The van der Waals surface area contributed by atoms with Gasteiger partial charge in [0.1, 0.15) is 5.37 Å². The van der Waals surface area contributed by atoms with Crippen LogP contribution in [0.1, 0.15) is 28.2 Å². The molecule has 1 aromatic carbocycles. The Hall–Kier alpha value is -2.02. The Bertz CT molecular complexity index is 573. The number of nitrogens with one attached hydrogen (secondary N) is 1. The Kier molecular flexibility index (Phi) is 5.43. The summed E-state index contributed by atoms with van der Waals surface area (Å²) >= 11 is 1.54. The minimum Gasteiger partial charge on any atom is -0.465 e. The third-order valence-corrected chi connectivity index (χ3v) is 4.57. The fourth-order valence-electron chi connectivity index (χ4n) is 2.23. The minimum atomic E-state index is -0.385. The summed E-state index contributed by atoms with van der Waals surface area (Å²) in [5, 5.41) is 2.60. The van der Waals surface area contributed by atoms with Crippen LogP contribution in [-0.2, 0) is 14.3 Å². The smallest absolute Gasteiger partial charge is 0.337 e. The average Bonchev–Trinajstić information content (AvgIpc) is 2.87. The summed E-state index contributed by atoms with van der Waals surface area (Å²) in [6.45, 7) is 2.34. The standard InChI is InChI=1S/C15H18N2O4S/c1-10(18)16-7-8-17-13(19)9-22-14(17)11-3-5-12(6-4-11)15(20)21-2/h3-6,14H,7-9H2,1-2H3,(H,16,18). The van der Waals surface area contributed by atoms with E-state index in [0.29, 0.717) is 24.4 Å². The second kappa shape index (κ2) is 7.31. The van der Waals surface area contributed by atoms with Gasteiger partial charge >= 0.3 is 5.97 Å². The highest BCUT2D eigenvalue weighted by Crippen LogP contribution is 2.38. The maximum absolute atomic E-state index is 12.0. The number of rotatable bonds is 5. The molecule has 0 spiro atoms. The molecular weight excluding hydrogens is 304 g/mol. The average molecular weight is 322 g/mol. The van der Waals surface area contributed by atoms with Crippen LogP contribution in [0.3, 0.4) is 0 Å². The quantitative estimate of drug-likeness (QED) is 0.824. The topological polar surface area (TPSA) is 75.7 Å². The molecule has 1 saturated heterocycles. The van der Waals surface area contributed by atoms with Crippen LogP contribution in [0.5, 0.6) is 0 Å². The summed E-state index contributed by atoms with van der Waals surface area (Å²) in [6, 6.07) is 7.04. The predicted octanol–water partition coefficient (Wildman–Crippen LogP) is 1.18. The molecule has 1 aliphatic rings. The normalized spacial score (nSPS) is 17.5. The van der Waals surface area contributed by atoms with Gasteiger partial charge in [0.2, 0.25) is 11.8 Å². The first-order valence-electron chi connectivity index (χ1n) is 6.86. The molecule has 2 amide bonds. The number of benzene rings is 1. The lowest BCUT2D eigenvalue weighted by Gasteiger charge is -2.24. The highest BCUT2D eigenvalue weighted by atomic mass is 32.2. The largest absolute Gasteiger partial charge is 0.465 e. The molecule has 6 nitrogen and oxygen atoms in total. The van der Waals surface area contributed by atoms with Crippen LogP contribution in [-0.4, -0.2) is 48.6 Å². The fourth-order valence-corrected chi connectivity index (χ4v) is 3.44. The molecule has 1 heterocycles. The number of hydrogen-bond acceptors (Lipinski definition) is 5. The zero-order chi connectivity index (χ0) is 16.1. The molecule has 0 radical (unpaired) electrons. The van der Waals surface area contributed by atoms with E-state index in [1.807, 2.05) is 12.1 Å². The van der Waals surface area contributed by atoms with Gasteiger partial charge in [0.15, 0.2) is 0 Å². The molecule has 22 heavy (non-hydrogen) atoms. The Morgan fingerprint density at radius 2 is 2.05 bits per heavy atom. The summed E-state index contributed by atoms with van der Waals surface area (Å²) in [6.07, 6.45) is 0. The number of carbonyl (C=O) groups is 3. The van der Waals surface area contributed by atoms with Gasteiger partial charge in [-0.3, -0.25) is 9.59 Å². The van der Waals surface area contributed by atoms with Gasteiger partial charge in [0, 0.05) is 20.0 Å². The summed E-state index contributed by atoms with van der Waals surface area (Å²) in [5.74, 6) is -0.0244. The third kappa shape index (κ3) is 3.79. The predicted molar refractivity (Wildman–Crippen MR) is 83.4 cm³/mol. The van der Waals surface area contributed by atoms with Crippen molar-refractivity contribution in [2.24, 2.45) is 0 Å². The molecule has 1 unspecified atom stereocenters. The molecule has 1 atom stereocenters. The van der Waals surface area contributed by atoms with Crippen molar-refractivity contribution in [2.75, 3.05) is 26.0 Å². The van der Waals surface area contributed by atoms with E-state index in [1.165, 1.54) is 25.8 Å². The summed E-state index contributed by atoms with van der Waals surface area (Å²) in [7, 11) is 1.34. The molecule has 2 rings (SSSR count). The first-order chi connectivity index (χ1) is 10.5. The number of methoxy groups -OCH3 is 1. The molecule has 0 bridgehead atoms. The summed E-state index contributed by atoms with van der Waals surface area (Å²) < 4.78 is 4.67. The van der Waals surface area contributed by atoms with E-state index in [2.05, 4.69) is 10.1 Å². The first kappa shape index (κ1) is 16.4. The van der Waals surface area contributed by atoms with Crippen molar-refractivity contribution in [3.05, 3.63) is 35.4 Å². The lowest BCUT2D eigenvalue weighted by atomic mass is 10.1. The first-order valence-corrected chi connectivity index (χ1v) is 7.91. The molecular formula is C15H18N2O4S. The van der Waals surface area contributed by atoms with Gasteiger partial charge in [0.25, 0.3) is 0 Å². The number of amides is 2. The maximum atomic E-state index is 12.0. The van der Waals surface area contributed by atoms with E-state index in [9.17, 15) is 14.4 Å². The number of nitrogens with zero attached hydrogens (tertiary/aromatic N) is 1. The van der Waals surface area contributed by atoms with Crippen LogP contribution in [0, 0.1) is 0 Å². The van der Waals surface area contributed by atoms with Crippen molar-refractivity contribution in [3.63, 3.8) is 0 Å². The molecule has 1 N–H and O–H groups in total. The van der Waals surface area contributed by atoms with Crippen molar-refractivity contribution in [3.8, 4) is 0 Å². The highest BCUT2D eigenvalue weighted by molar-refractivity contribution is 8.00. The van der Waals surface area contributed by atoms with E-state index in [4.69, 9.17) is 0 Å². The number of hydrogen-bond donors (Lipinski definition) is 1. The molecule has 0 saturated carbocycles. The van der Waals surface area contributed by atoms with E-state index in [0.717, 1.165) is 5.56 Å². The number of esters is 1. The van der Waals surface area contributed by atoms with E-state index < -0.39 is 0 Å². The highest BCUT2D eigenvalue weighted by Gasteiger charge is 2.32. The van der Waals surface area contributed by atoms with Gasteiger partial charge in [-0.05, 0) is 17.7 Å². The second-order valence-corrected chi connectivity index (χ2v) is 5.92. The molecule has 1 aromatic rings. The minimum absolute atomic E-state index is 0.0531. The zero-order valence-electron chi connectivity index (χ0n) is 12.5. The van der Waals surface area contributed by atoms with Crippen LogP contribution in [0.2, 0.25) is 0 Å². The lowest BCUT2D eigenvalue weighted by Crippen LogP contribution is -2.36. The van der Waals surface area contributed by atoms with E-state index in [1.54, 1.807) is 17.0 Å². The maximum Gasteiger partial charge on any atom is 0.337 e. The van der Waals surface area contributed by atoms with Gasteiger partial charge in [-0.1, -0.05) is 12.1 Å². The Morgan fingerprint density at radius 3 is 2.64 bits per heavy atom. The van der Waals surface area contributed by atoms with Gasteiger partial charge in [0.05, 0.1) is 18.4 Å². The Morgan fingerprint density at radius 1 is 1.36 bits per heavy atom. The lowest BCUT2D eigenvalue weighted by molar-refractivity contribution is -0.128. The van der Waals surface area contributed by atoms with Crippen LogP contribution in [0.25, 0.3) is 0 Å². The van der Waals surface area contributed by atoms with Crippen molar-refractivity contribution in [2.45, 2.75) is 12.3 Å². The van der Waals surface area contributed by atoms with Crippen LogP contribution in [0.15, 0.2) is 24.3 Å². The van der Waals surface area contributed by atoms with Crippen LogP contribution < -0.4 is 5.32 Å². The van der Waals surface area contributed by atoms with E-state index in [-0.39, 0.29) is 23.2 Å². The molecule has 7 heteroatoms. The number of ether oxygens (including phenoxy) is 1. The van der Waals surface area contributed by atoms with E-state index >= 15 is 0 Å². The molecule has 1 aliphatic heterocycles. The second-order valence-electron chi connectivity index (χ2n) is 4.85. The monoisotopic (exact) mass is 322 g/mol. The van der Waals surface area contributed by atoms with Gasteiger partial charge in [-0.25, -0.2) is 4.79 Å². The number of thioether (sulfide) groups is 1. The summed E-state index contributed by atoms with van der Waals surface area (Å²) in [4.78, 5) is 36.1. The van der Waals surface area contributed by atoms with Crippen molar-refractivity contribution >= 4 is 29.5 Å². The fraction of sp³-hybridized carbons (Fsp3) is 0.400. The third-order valence-electron chi connectivity index (χ3n) is 3.31. The van der Waals surface area contributed by atoms with Gasteiger partial charge < -0.3 is 15.0 Å². The SMILES string of the molecule is COC(=O)c1ccc(C2SCC(=O)N2CCNC(C)=O)cc1. The van der Waals surface area contributed by atoms with Gasteiger partial charge in [-0.15, -0.1) is 11.8 Å². The van der Waals surface area contributed by atoms with Crippen LogP contribution >= 0.6 is 11.8 Å². The van der Waals surface area contributed by atoms with Gasteiger partial charge in [-0.2, -0.15) is 0 Å². The summed E-state index contributed by atoms with van der Waals surface area (Å²) in [5.41, 5.74) is 1.43.